The number of thiophene rings is 1. The summed E-state index contributed by atoms with van der Waals surface area (Å²) in [6, 6.07) is 4.21. The molecule has 1 saturated heterocycles. The highest BCUT2D eigenvalue weighted by molar-refractivity contribution is 7.13. The van der Waals surface area contributed by atoms with E-state index in [0.29, 0.717) is 5.89 Å². The van der Waals surface area contributed by atoms with Gasteiger partial charge in [0.1, 0.15) is 0 Å². The van der Waals surface area contributed by atoms with Gasteiger partial charge in [0.2, 0.25) is 5.89 Å². The fraction of sp³-hybridized carbons (Fsp3) is 0.600. The molecule has 2 aromatic rings. The maximum Gasteiger partial charge on any atom is 0.257 e. The van der Waals surface area contributed by atoms with Crippen LogP contribution >= 0.6 is 11.3 Å². The fourth-order valence-corrected chi connectivity index (χ4v) is 3.73. The van der Waals surface area contributed by atoms with E-state index in [-0.39, 0.29) is 6.04 Å². The Kier molecular flexibility index (Phi) is 3.89. The van der Waals surface area contributed by atoms with Crippen molar-refractivity contribution in [1.29, 1.82) is 0 Å². The van der Waals surface area contributed by atoms with Gasteiger partial charge in [0.05, 0.1) is 10.9 Å². The van der Waals surface area contributed by atoms with Crippen LogP contribution in [0.1, 0.15) is 39.1 Å². The van der Waals surface area contributed by atoms with Gasteiger partial charge in [0.25, 0.3) is 5.89 Å². The monoisotopic (exact) mass is 291 g/mol. The Hall–Kier alpha value is -1.20. The molecule has 1 aliphatic heterocycles. The standard InChI is InChI=1S/C15H21N3OS/c1-10-7-11(2)9-18(8-10)12(3)14-16-17-15(19-14)13-5-4-6-20-13/h4-6,10-12H,7-9H2,1-3H3/t10-,11-,12+/m1/s1. The molecule has 0 amide bonds. The lowest BCUT2D eigenvalue weighted by Crippen LogP contribution is -2.40. The van der Waals surface area contributed by atoms with Crippen molar-refractivity contribution in [2.24, 2.45) is 11.8 Å². The summed E-state index contributed by atoms with van der Waals surface area (Å²) in [6.45, 7) is 9.03. The molecule has 4 nitrogen and oxygen atoms in total. The summed E-state index contributed by atoms with van der Waals surface area (Å²) in [4.78, 5) is 3.50. The molecule has 0 aliphatic carbocycles. The highest BCUT2D eigenvalue weighted by Crippen LogP contribution is 2.30. The largest absolute Gasteiger partial charge is 0.418 e. The Balaban J connectivity index is 1.75. The maximum absolute atomic E-state index is 5.86. The predicted molar refractivity (Wildman–Crippen MR) is 80.5 cm³/mol. The number of piperidine rings is 1. The zero-order valence-corrected chi connectivity index (χ0v) is 13.1. The smallest absolute Gasteiger partial charge is 0.257 e. The molecular formula is C15H21N3OS. The molecule has 0 saturated carbocycles. The third kappa shape index (κ3) is 2.79. The summed E-state index contributed by atoms with van der Waals surface area (Å²) >= 11 is 1.63. The van der Waals surface area contributed by atoms with E-state index in [4.69, 9.17) is 4.42 Å². The first-order valence-corrected chi connectivity index (χ1v) is 8.12. The van der Waals surface area contributed by atoms with E-state index in [2.05, 4.69) is 35.9 Å². The van der Waals surface area contributed by atoms with E-state index in [1.165, 1.54) is 6.42 Å². The predicted octanol–water partition coefficient (Wildman–Crippen LogP) is 3.84. The van der Waals surface area contributed by atoms with Crippen LogP contribution in [-0.4, -0.2) is 28.2 Å². The van der Waals surface area contributed by atoms with E-state index >= 15 is 0 Å². The van der Waals surface area contributed by atoms with Crippen LogP contribution in [0.2, 0.25) is 0 Å². The van der Waals surface area contributed by atoms with Gasteiger partial charge in [-0.2, -0.15) is 0 Å². The first-order chi connectivity index (χ1) is 9.63. The molecule has 108 valence electrons. The number of hydrogen-bond donors (Lipinski definition) is 0. The van der Waals surface area contributed by atoms with Crippen molar-refractivity contribution in [1.82, 2.24) is 15.1 Å². The lowest BCUT2D eigenvalue weighted by Gasteiger charge is -2.37. The molecule has 1 aliphatic rings. The van der Waals surface area contributed by atoms with Crippen molar-refractivity contribution in [2.75, 3.05) is 13.1 Å². The molecule has 0 aromatic carbocycles. The summed E-state index contributed by atoms with van der Waals surface area (Å²) < 4.78 is 5.86. The first-order valence-electron chi connectivity index (χ1n) is 7.25. The number of rotatable bonds is 3. The summed E-state index contributed by atoms with van der Waals surface area (Å²) in [5.74, 6) is 2.84. The number of aromatic nitrogens is 2. The van der Waals surface area contributed by atoms with Gasteiger partial charge in [-0.3, -0.25) is 4.90 Å². The molecule has 3 atom stereocenters. The third-order valence-electron chi connectivity index (χ3n) is 3.97. The normalized spacial score (nSPS) is 25.8. The second-order valence-electron chi connectivity index (χ2n) is 6.00. The zero-order chi connectivity index (χ0) is 14.1. The summed E-state index contributed by atoms with van der Waals surface area (Å²) in [6.07, 6.45) is 1.31. The number of nitrogens with zero attached hydrogens (tertiary/aromatic N) is 3. The zero-order valence-electron chi connectivity index (χ0n) is 12.2. The van der Waals surface area contributed by atoms with Gasteiger partial charge in [-0.1, -0.05) is 19.9 Å². The molecule has 0 radical (unpaired) electrons. The van der Waals surface area contributed by atoms with Gasteiger partial charge in [0.15, 0.2) is 0 Å². The van der Waals surface area contributed by atoms with Gasteiger partial charge < -0.3 is 4.42 Å². The van der Waals surface area contributed by atoms with Crippen LogP contribution < -0.4 is 0 Å². The van der Waals surface area contributed by atoms with E-state index < -0.39 is 0 Å². The first kappa shape index (κ1) is 13.8. The van der Waals surface area contributed by atoms with Crippen LogP contribution in [0.25, 0.3) is 10.8 Å². The second-order valence-corrected chi connectivity index (χ2v) is 6.95. The van der Waals surface area contributed by atoms with Crippen LogP contribution in [0, 0.1) is 11.8 Å². The summed E-state index contributed by atoms with van der Waals surface area (Å²) in [5, 5.41) is 10.4. The van der Waals surface area contributed by atoms with Gasteiger partial charge in [-0.15, -0.1) is 21.5 Å². The van der Waals surface area contributed by atoms with Crippen molar-refractivity contribution >= 4 is 11.3 Å². The SMILES string of the molecule is C[C@@H]1C[C@@H](C)CN([C@@H](C)c2nnc(-c3cccs3)o2)C1. The van der Waals surface area contributed by atoms with Crippen LogP contribution in [0.15, 0.2) is 21.9 Å². The molecule has 0 N–H and O–H groups in total. The highest BCUT2D eigenvalue weighted by atomic mass is 32.1. The van der Waals surface area contributed by atoms with Gasteiger partial charge in [-0.05, 0) is 36.6 Å². The molecule has 0 bridgehead atoms. The van der Waals surface area contributed by atoms with Gasteiger partial charge in [0, 0.05) is 13.1 Å². The molecule has 20 heavy (non-hydrogen) atoms. The van der Waals surface area contributed by atoms with Crippen molar-refractivity contribution in [3.8, 4) is 10.8 Å². The minimum absolute atomic E-state index is 0.196. The van der Waals surface area contributed by atoms with Gasteiger partial charge in [-0.25, -0.2) is 0 Å². The minimum Gasteiger partial charge on any atom is -0.418 e. The quantitative estimate of drug-likeness (QED) is 0.861. The summed E-state index contributed by atoms with van der Waals surface area (Å²) in [7, 11) is 0. The van der Waals surface area contributed by atoms with Crippen LogP contribution in [0.4, 0.5) is 0 Å². The second kappa shape index (κ2) is 5.66. The van der Waals surface area contributed by atoms with Gasteiger partial charge >= 0.3 is 0 Å². The Morgan fingerprint density at radius 1 is 1.30 bits per heavy atom. The average Bonchev–Trinajstić information content (AvgIpc) is 3.07. The molecule has 2 aromatic heterocycles. The van der Waals surface area contributed by atoms with Crippen LogP contribution in [0.5, 0.6) is 0 Å². The molecule has 5 heteroatoms. The summed E-state index contributed by atoms with van der Waals surface area (Å²) in [5.41, 5.74) is 0. The van der Waals surface area contributed by atoms with Crippen LogP contribution in [0.3, 0.4) is 0 Å². The topological polar surface area (TPSA) is 42.2 Å². The molecular weight excluding hydrogens is 270 g/mol. The molecule has 1 fully saturated rings. The Morgan fingerprint density at radius 2 is 2.05 bits per heavy atom. The lowest BCUT2D eigenvalue weighted by molar-refractivity contribution is 0.0903. The third-order valence-corrected chi connectivity index (χ3v) is 4.83. The number of hydrogen-bond acceptors (Lipinski definition) is 5. The molecule has 0 spiro atoms. The lowest BCUT2D eigenvalue weighted by atomic mass is 9.91. The van der Waals surface area contributed by atoms with Crippen LogP contribution in [-0.2, 0) is 0 Å². The van der Waals surface area contributed by atoms with E-state index in [9.17, 15) is 0 Å². The molecule has 3 rings (SSSR count). The Morgan fingerprint density at radius 3 is 2.70 bits per heavy atom. The van der Waals surface area contributed by atoms with Crippen molar-refractivity contribution in [3.63, 3.8) is 0 Å². The average molecular weight is 291 g/mol. The fourth-order valence-electron chi connectivity index (χ4n) is 3.09. The minimum atomic E-state index is 0.196. The maximum atomic E-state index is 5.86. The van der Waals surface area contributed by atoms with Crippen molar-refractivity contribution < 1.29 is 4.42 Å². The van der Waals surface area contributed by atoms with E-state index in [1.54, 1.807) is 11.3 Å². The number of likely N-dealkylation sites (tertiary alicyclic amines) is 1. The van der Waals surface area contributed by atoms with Crippen molar-refractivity contribution in [3.05, 3.63) is 23.4 Å². The molecule has 0 unspecified atom stereocenters. The Labute approximate surface area is 123 Å². The van der Waals surface area contributed by atoms with Crippen molar-refractivity contribution in [2.45, 2.75) is 33.2 Å². The molecule has 3 heterocycles. The Bertz CT molecular complexity index is 541. The highest BCUT2D eigenvalue weighted by Gasteiger charge is 2.28. The van der Waals surface area contributed by atoms with E-state index in [0.717, 1.165) is 35.7 Å². The van der Waals surface area contributed by atoms with E-state index in [1.807, 2.05) is 17.5 Å².